The van der Waals surface area contributed by atoms with E-state index in [4.69, 9.17) is 0 Å². The van der Waals surface area contributed by atoms with Crippen LogP contribution in [-0.2, 0) is 5.41 Å². The summed E-state index contributed by atoms with van der Waals surface area (Å²) in [6.07, 6.45) is 2.25. The van der Waals surface area contributed by atoms with E-state index in [0.29, 0.717) is 11.6 Å². The predicted molar refractivity (Wildman–Crippen MR) is 90.8 cm³/mol. The lowest BCUT2D eigenvalue weighted by molar-refractivity contribution is 0.227. The standard InChI is InChI=1S/C19H19N3O/c1-18(2)11-8-9-19(18,3)15-14(11)13-10-6-4-5-7-12(10)20-16(13)22-17(23)21-15/h4-7,11H,8-9H2,1-3H3,(H,20,21,22,23)/t11-,19+/m0/s1. The highest BCUT2D eigenvalue weighted by Gasteiger charge is 2.61. The van der Waals surface area contributed by atoms with E-state index in [2.05, 4.69) is 41.8 Å². The van der Waals surface area contributed by atoms with Crippen molar-refractivity contribution in [2.24, 2.45) is 5.41 Å². The zero-order chi connectivity index (χ0) is 16.0. The highest BCUT2D eigenvalue weighted by atomic mass is 16.1. The number of nitrogens with zero attached hydrogens (tertiary/aromatic N) is 2. The molecule has 0 spiro atoms. The molecule has 0 unspecified atom stereocenters. The van der Waals surface area contributed by atoms with Crippen molar-refractivity contribution in [3.8, 4) is 0 Å². The molecule has 2 bridgehead atoms. The van der Waals surface area contributed by atoms with Crippen LogP contribution in [0.3, 0.4) is 0 Å². The van der Waals surface area contributed by atoms with Crippen LogP contribution in [0.2, 0.25) is 0 Å². The largest absolute Gasteiger partial charge is 0.369 e. The van der Waals surface area contributed by atoms with E-state index < -0.39 is 0 Å². The second-order valence-electron chi connectivity index (χ2n) is 7.81. The number of aromatic amines is 1. The molecule has 4 nitrogen and oxygen atoms in total. The van der Waals surface area contributed by atoms with Gasteiger partial charge in [-0.3, -0.25) is 0 Å². The summed E-state index contributed by atoms with van der Waals surface area (Å²) in [5.74, 6) is 0.435. The van der Waals surface area contributed by atoms with Gasteiger partial charge in [0.2, 0.25) is 0 Å². The molecule has 1 N–H and O–H groups in total. The van der Waals surface area contributed by atoms with Crippen molar-refractivity contribution in [3.05, 3.63) is 46.0 Å². The number of H-pyrrole nitrogens is 1. The van der Waals surface area contributed by atoms with Gasteiger partial charge in [0.05, 0.1) is 5.69 Å². The maximum Gasteiger partial charge on any atom is 0.369 e. The molecule has 2 heterocycles. The number of hydrogen-bond donors (Lipinski definition) is 1. The van der Waals surface area contributed by atoms with Crippen molar-refractivity contribution in [2.75, 3.05) is 0 Å². The monoisotopic (exact) mass is 305 g/mol. The van der Waals surface area contributed by atoms with Gasteiger partial charge in [0, 0.05) is 21.7 Å². The van der Waals surface area contributed by atoms with Gasteiger partial charge in [0.15, 0.2) is 0 Å². The molecule has 0 amide bonds. The number of aromatic nitrogens is 3. The van der Waals surface area contributed by atoms with Crippen LogP contribution in [0.25, 0.3) is 21.9 Å². The van der Waals surface area contributed by atoms with Gasteiger partial charge >= 0.3 is 5.69 Å². The summed E-state index contributed by atoms with van der Waals surface area (Å²) in [7, 11) is 0. The molecule has 0 radical (unpaired) electrons. The van der Waals surface area contributed by atoms with Crippen molar-refractivity contribution in [2.45, 2.75) is 44.9 Å². The van der Waals surface area contributed by atoms with Gasteiger partial charge in [0.1, 0.15) is 5.65 Å². The molecule has 5 rings (SSSR count). The maximum atomic E-state index is 12.3. The van der Waals surface area contributed by atoms with Crippen LogP contribution in [0.1, 0.15) is 50.8 Å². The Bertz CT molecular complexity index is 1050. The Hall–Kier alpha value is -2.23. The fourth-order valence-electron chi connectivity index (χ4n) is 5.07. The molecule has 2 atom stereocenters. The summed E-state index contributed by atoms with van der Waals surface area (Å²) >= 11 is 0. The summed E-state index contributed by atoms with van der Waals surface area (Å²) in [5.41, 5.74) is 3.65. The van der Waals surface area contributed by atoms with Crippen molar-refractivity contribution in [1.29, 1.82) is 0 Å². The van der Waals surface area contributed by atoms with Crippen molar-refractivity contribution < 1.29 is 0 Å². The summed E-state index contributed by atoms with van der Waals surface area (Å²) in [4.78, 5) is 24.3. The van der Waals surface area contributed by atoms with Crippen molar-refractivity contribution in [1.82, 2.24) is 15.0 Å². The summed E-state index contributed by atoms with van der Waals surface area (Å²) in [6.45, 7) is 6.92. The van der Waals surface area contributed by atoms with E-state index in [1.54, 1.807) is 0 Å². The molecule has 0 saturated heterocycles. The van der Waals surface area contributed by atoms with Crippen LogP contribution in [0.4, 0.5) is 0 Å². The van der Waals surface area contributed by atoms with Gasteiger partial charge in [-0.15, -0.1) is 0 Å². The summed E-state index contributed by atoms with van der Waals surface area (Å²) < 4.78 is 0. The van der Waals surface area contributed by atoms with E-state index >= 15 is 0 Å². The molecule has 0 aliphatic heterocycles. The third-order valence-electron chi connectivity index (χ3n) is 6.72. The summed E-state index contributed by atoms with van der Waals surface area (Å²) in [6, 6.07) is 8.20. The van der Waals surface area contributed by atoms with Gasteiger partial charge in [0.25, 0.3) is 0 Å². The molecule has 23 heavy (non-hydrogen) atoms. The van der Waals surface area contributed by atoms with Gasteiger partial charge in [-0.25, -0.2) is 4.79 Å². The van der Waals surface area contributed by atoms with Crippen LogP contribution in [0.15, 0.2) is 29.1 Å². The highest BCUT2D eigenvalue weighted by molar-refractivity contribution is 6.08. The predicted octanol–water partition coefficient (Wildman–Crippen LogP) is 3.65. The Balaban J connectivity index is 2.07. The Labute approximate surface area is 134 Å². The molecule has 4 heteroatoms. The second-order valence-corrected chi connectivity index (χ2v) is 7.81. The molecular weight excluding hydrogens is 286 g/mol. The number of para-hydroxylation sites is 1. The van der Waals surface area contributed by atoms with Crippen molar-refractivity contribution >= 4 is 21.9 Å². The Morgan fingerprint density at radius 2 is 1.96 bits per heavy atom. The minimum atomic E-state index is -0.382. The SMILES string of the molecule is CC1(C)[C@H]2CC[C@]1(C)c1nc(=O)nc3[nH]c4ccccc4c3c12. The first-order valence-electron chi connectivity index (χ1n) is 8.27. The molecule has 1 saturated carbocycles. The van der Waals surface area contributed by atoms with E-state index in [9.17, 15) is 4.79 Å². The minimum Gasteiger partial charge on any atom is -0.339 e. The first kappa shape index (κ1) is 13.2. The second kappa shape index (κ2) is 3.81. The third-order valence-corrected chi connectivity index (χ3v) is 6.72. The molecule has 2 aliphatic rings. The lowest BCUT2D eigenvalue weighted by atomic mass is 9.70. The smallest absolute Gasteiger partial charge is 0.339 e. The van der Waals surface area contributed by atoms with Crippen LogP contribution in [0, 0.1) is 5.41 Å². The summed E-state index contributed by atoms with van der Waals surface area (Å²) in [5, 5.41) is 2.25. The molecule has 2 aromatic heterocycles. The molecule has 116 valence electrons. The number of fused-ring (bicyclic) bond motifs is 9. The number of nitrogens with one attached hydrogen (secondary N) is 1. The van der Waals surface area contributed by atoms with Gasteiger partial charge in [-0.05, 0) is 35.8 Å². The number of benzene rings is 1. The van der Waals surface area contributed by atoms with Gasteiger partial charge < -0.3 is 4.98 Å². The van der Waals surface area contributed by atoms with Crippen LogP contribution < -0.4 is 5.69 Å². The van der Waals surface area contributed by atoms with Gasteiger partial charge in [-0.1, -0.05) is 39.0 Å². The van der Waals surface area contributed by atoms with Crippen LogP contribution in [0.5, 0.6) is 0 Å². The Morgan fingerprint density at radius 1 is 1.17 bits per heavy atom. The van der Waals surface area contributed by atoms with E-state index in [-0.39, 0.29) is 16.5 Å². The van der Waals surface area contributed by atoms with Crippen LogP contribution >= 0.6 is 0 Å². The van der Waals surface area contributed by atoms with E-state index in [1.165, 1.54) is 5.56 Å². The van der Waals surface area contributed by atoms with E-state index in [0.717, 1.165) is 34.8 Å². The van der Waals surface area contributed by atoms with E-state index in [1.807, 2.05) is 18.2 Å². The van der Waals surface area contributed by atoms with Crippen molar-refractivity contribution in [3.63, 3.8) is 0 Å². The van der Waals surface area contributed by atoms with Crippen LogP contribution in [-0.4, -0.2) is 15.0 Å². The first-order chi connectivity index (χ1) is 10.9. The number of rotatable bonds is 0. The quantitative estimate of drug-likeness (QED) is 0.689. The topological polar surface area (TPSA) is 58.6 Å². The lowest BCUT2D eigenvalue weighted by Gasteiger charge is -2.34. The van der Waals surface area contributed by atoms with Gasteiger partial charge in [-0.2, -0.15) is 9.97 Å². The highest BCUT2D eigenvalue weighted by Crippen LogP contribution is 2.67. The fourth-order valence-corrected chi connectivity index (χ4v) is 5.07. The number of hydrogen-bond acceptors (Lipinski definition) is 3. The average Bonchev–Trinajstić information content (AvgIpc) is 2.96. The Kier molecular flexibility index (Phi) is 2.19. The zero-order valence-corrected chi connectivity index (χ0v) is 13.6. The Morgan fingerprint density at radius 3 is 2.78 bits per heavy atom. The fraction of sp³-hybridized carbons (Fsp3) is 0.421. The molecule has 1 aromatic carbocycles. The molecule has 2 aliphatic carbocycles. The zero-order valence-electron chi connectivity index (χ0n) is 13.6. The minimum absolute atomic E-state index is 0.0435. The maximum absolute atomic E-state index is 12.3. The molecule has 1 fully saturated rings. The lowest BCUT2D eigenvalue weighted by Crippen LogP contribution is -2.33. The molecule has 3 aromatic rings. The average molecular weight is 305 g/mol. The third kappa shape index (κ3) is 1.36. The first-order valence-corrected chi connectivity index (χ1v) is 8.27. The normalized spacial score (nSPS) is 27.7. The molecular formula is C19H19N3O.